The van der Waals surface area contributed by atoms with E-state index in [9.17, 15) is 9.90 Å². The normalized spacial score (nSPS) is 11.2. The van der Waals surface area contributed by atoms with Crippen LogP contribution in [0, 0.1) is 5.41 Å². The molecule has 0 saturated carbocycles. The summed E-state index contributed by atoms with van der Waals surface area (Å²) in [4.78, 5) is 12.2. The van der Waals surface area contributed by atoms with Gasteiger partial charge >= 0.3 is 0 Å². The van der Waals surface area contributed by atoms with Gasteiger partial charge in [-0.15, -0.1) is 0 Å². The van der Waals surface area contributed by atoms with Crippen LogP contribution in [0.2, 0.25) is 0 Å². The number of ether oxygens (including phenoxy) is 1. The number of hydrogen-bond donors (Lipinski definition) is 3. The summed E-state index contributed by atoms with van der Waals surface area (Å²) in [5, 5.41) is 16.1. The first-order valence-electron chi connectivity index (χ1n) is 8.31. The van der Waals surface area contributed by atoms with E-state index in [1.807, 2.05) is 44.2 Å². The predicted molar refractivity (Wildman–Crippen MR) is 99.8 cm³/mol. The molecule has 0 heterocycles. The van der Waals surface area contributed by atoms with E-state index in [2.05, 4.69) is 10.6 Å². The second-order valence-electron chi connectivity index (χ2n) is 6.85. The Morgan fingerprint density at radius 1 is 1.16 bits per heavy atom. The standard InChI is InChI=1S/C20H26N2O3/c1-20(2,12-19(24)22-16-7-5-4-6-8-16)14-21-13-15-11-17(25-3)9-10-18(15)23/h4-11,21,23H,12-14H2,1-3H3,(H,22,24). The predicted octanol–water partition coefficient (Wildman–Crippen LogP) is 3.55. The van der Waals surface area contributed by atoms with Gasteiger partial charge in [-0.3, -0.25) is 4.79 Å². The highest BCUT2D eigenvalue weighted by molar-refractivity contribution is 5.91. The van der Waals surface area contributed by atoms with E-state index in [0.717, 1.165) is 11.3 Å². The molecule has 0 spiro atoms. The van der Waals surface area contributed by atoms with E-state index in [-0.39, 0.29) is 17.1 Å². The van der Waals surface area contributed by atoms with Crippen molar-refractivity contribution in [2.75, 3.05) is 19.0 Å². The Balaban J connectivity index is 1.83. The quantitative estimate of drug-likeness (QED) is 0.686. The third-order valence-electron chi connectivity index (χ3n) is 3.90. The lowest BCUT2D eigenvalue weighted by atomic mass is 9.88. The molecule has 0 radical (unpaired) electrons. The second kappa shape index (κ2) is 8.53. The summed E-state index contributed by atoms with van der Waals surface area (Å²) < 4.78 is 5.17. The Morgan fingerprint density at radius 3 is 2.56 bits per heavy atom. The third-order valence-corrected chi connectivity index (χ3v) is 3.90. The lowest BCUT2D eigenvalue weighted by Gasteiger charge is -2.24. The molecule has 134 valence electrons. The van der Waals surface area contributed by atoms with Gasteiger partial charge in [-0.1, -0.05) is 32.0 Å². The summed E-state index contributed by atoms with van der Waals surface area (Å²) in [5.41, 5.74) is 1.36. The van der Waals surface area contributed by atoms with E-state index < -0.39 is 0 Å². The molecule has 0 aromatic heterocycles. The first-order valence-corrected chi connectivity index (χ1v) is 8.31. The van der Waals surface area contributed by atoms with Gasteiger partial charge in [0, 0.05) is 30.8 Å². The zero-order valence-electron chi connectivity index (χ0n) is 15.0. The van der Waals surface area contributed by atoms with Crippen LogP contribution in [-0.4, -0.2) is 24.7 Å². The molecule has 5 nitrogen and oxygen atoms in total. The van der Waals surface area contributed by atoms with E-state index in [4.69, 9.17) is 4.74 Å². The zero-order valence-corrected chi connectivity index (χ0v) is 15.0. The van der Waals surface area contributed by atoms with Crippen LogP contribution in [0.1, 0.15) is 25.8 Å². The van der Waals surface area contributed by atoms with Crippen LogP contribution in [0.4, 0.5) is 5.69 Å². The number of para-hydroxylation sites is 1. The van der Waals surface area contributed by atoms with E-state index >= 15 is 0 Å². The molecule has 2 aromatic carbocycles. The van der Waals surface area contributed by atoms with Crippen molar-refractivity contribution in [1.82, 2.24) is 5.32 Å². The molecule has 0 saturated heterocycles. The van der Waals surface area contributed by atoms with Gasteiger partial charge in [0.2, 0.25) is 5.91 Å². The Morgan fingerprint density at radius 2 is 1.88 bits per heavy atom. The molecule has 5 heteroatoms. The SMILES string of the molecule is COc1ccc(O)c(CNCC(C)(C)CC(=O)Nc2ccccc2)c1. The van der Waals surface area contributed by atoms with Crippen LogP contribution < -0.4 is 15.4 Å². The fourth-order valence-corrected chi connectivity index (χ4v) is 2.59. The molecule has 0 fully saturated rings. The number of anilines is 1. The minimum atomic E-state index is -0.215. The second-order valence-corrected chi connectivity index (χ2v) is 6.85. The van der Waals surface area contributed by atoms with Gasteiger partial charge < -0.3 is 20.5 Å². The number of hydrogen-bond acceptors (Lipinski definition) is 4. The Hall–Kier alpha value is -2.53. The number of benzene rings is 2. The number of carbonyl (C=O) groups excluding carboxylic acids is 1. The molecule has 2 rings (SSSR count). The minimum absolute atomic E-state index is 0.0118. The summed E-state index contributed by atoms with van der Waals surface area (Å²) in [5.74, 6) is 0.922. The smallest absolute Gasteiger partial charge is 0.224 e. The van der Waals surface area contributed by atoms with Crippen LogP contribution in [0.3, 0.4) is 0 Å². The molecule has 0 atom stereocenters. The molecule has 0 unspecified atom stereocenters. The van der Waals surface area contributed by atoms with Crippen LogP contribution in [0.5, 0.6) is 11.5 Å². The lowest BCUT2D eigenvalue weighted by molar-refractivity contribution is -0.118. The number of phenolic OH excluding ortho intramolecular Hbond substituents is 1. The van der Waals surface area contributed by atoms with Crippen LogP contribution in [-0.2, 0) is 11.3 Å². The first-order chi connectivity index (χ1) is 11.9. The maximum absolute atomic E-state index is 12.2. The molecule has 0 aliphatic heterocycles. The van der Waals surface area contributed by atoms with Crippen LogP contribution >= 0.6 is 0 Å². The fourth-order valence-electron chi connectivity index (χ4n) is 2.59. The largest absolute Gasteiger partial charge is 0.508 e. The topological polar surface area (TPSA) is 70.6 Å². The molecular formula is C20H26N2O3. The zero-order chi connectivity index (χ0) is 18.3. The average Bonchev–Trinajstić information content (AvgIpc) is 2.56. The Bertz CT molecular complexity index is 699. The molecule has 0 aliphatic carbocycles. The van der Waals surface area contributed by atoms with Gasteiger partial charge in [0.1, 0.15) is 11.5 Å². The van der Waals surface area contributed by atoms with Crippen molar-refractivity contribution in [2.45, 2.75) is 26.8 Å². The average molecular weight is 342 g/mol. The molecule has 25 heavy (non-hydrogen) atoms. The van der Waals surface area contributed by atoms with Crippen molar-refractivity contribution in [3.63, 3.8) is 0 Å². The molecule has 3 N–H and O–H groups in total. The van der Waals surface area contributed by atoms with Crippen LogP contribution in [0.15, 0.2) is 48.5 Å². The first kappa shape index (κ1) is 18.8. The van der Waals surface area contributed by atoms with Gasteiger partial charge in [-0.05, 0) is 35.7 Å². The van der Waals surface area contributed by atoms with Gasteiger partial charge in [0.15, 0.2) is 0 Å². The Kier molecular flexibility index (Phi) is 6.42. The van der Waals surface area contributed by atoms with Gasteiger partial charge in [-0.2, -0.15) is 0 Å². The summed E-state index contributed by atoms with van der Waals surface area (Å²) in [6.45, 7) is 5.23. The number of carbonyl (C=O) groups is 1. The van der Waals surface area contributed by atoms with Crippen molar-refractivity contribution in [3.05, 3.63) is 54.1 Å². The number of rotatable bonds is 8. The monoisotopic (exact) mass is 342 g/mol. The number of nitrogens with one attached hydrogen (secondary N) is 2. The van der Waals surface area contributed by atoms with Crippen molar-refractivity contribution in [1.29, 1.82) is 0 Å². The number of amides is 1. The fraction of sp³-hybridized carbons (Fsp3) is 0.350. The van der Waals surface area contributed by atoms with E-state index in [1.165, 1.54) is 0 Å². The summed E-state index contributed by atoms with van der Waals surface area (Å²) in [7, 11) is 1.60. The maximum Gasteiger partial charge on any atom is 0.224 e. The third kappa shape index (κ3) is 6.12. The van der Waals surface area contributed by atoms with E-state index in [1.54, 1.807) is 25.3 Å². The molecule has 0 bridgehead atoms. The molecular weight excluding hydrogens is 316 g/mol. The lowest BCUT2D eigenvalue weighted by Crippen LogP contribution is -2.32. The number of aromatic hydroxyl groups is 1. The van der Waals surface area contributed by atoms with Crippen molar-refractivity contribution in [2.24, 2.45) is 5.41 Å². The minimum Gasteiger partial charge on any atom is -0.508 e. The summed E-state index contributed by atoms with van der Waals surface area (Å²) >= 11 is 0. The van der Waals surface area contributed by atoms with Crippen LogP contribution in [0.25, 0.3) is 0 Å². The van der Waals surface area contributed by atoms with Crippen molar-refractivity contribution in [3.8, 4) is 11.5 Å². The number of methoxy groups -OCH3 is 1. The van der Waals surface area contributed by atoms with Gasteiger partial charge in [0.05, 0.1) is 7.11 Å². The molecule has 2 aromatic rings. The van der Waals surface area contributed by atoms with Crippen molar-refractivity contribution < 1.29 is 14.6 Å². The van der Waals surface area contributed by atoms with Gasteiger partial charge in [0.25, 0.3) is 0 Å². The van der Waals surface area contributed by atoms with Crippen molar-refractivity contribution >= 4 is 11.6 Å². The summed E-state index contributed by atoms with van der Waals surface area (Å²) in [6.07, 6.45) is 0.402. The molecule has 1 amide bonds. The summed E-state index contributed by atoms with van der Waals surface area (Å²) in [6, 6.07) is 14.6. The highest BCUT2D eigenvalue weighted by Crippen LogP contribution is 2.24. The highest BCUT2D eigenvalue weighted by atomic mass is 16.5. The number of phenols is 1. The molecule has 0 aliphatic rings. The van der Waals surface area contributed by atoms with Gasteiger partial charge in [-0.25, -0.2) is 0 Å². The Labute approximate surface area is 149 Å². The highest BCUT2D eigenvalue weighted by Gasteiger charge is 2.22. The van der Waals surface area contributed by atoms with E-state index in [0.29, 0.717) is 25.3 Å². The maximum atomic E-state index is 12.2.